The van der Waals surface area contributed by atoms with Gasteiger partial charge in [-0.25, -0.2) is 8.42 Å². The summed E-state index contributed by atoms with van der Waals surface area (Å²) in [7, 11) is -3.56. The van der Waals surface area contributed by atoms with Gasteiger partial charge in [-0.3, -0.25) is 14.4 Å². The number of morpholine rings is 1. The average Bonchev–Trinajstić information content (AvgIpc) is 2.82. The highest BCUT2D eigenvalue weighted by Gasteiger charge is 2.26. The van der Waals surface area contributed by atoms with Gasteiger partial charge in [0.15, 0.2) is 0 Å². The number of primary amides is 1. The Morgan fingerprint density at radius 3 is 2.39 bits per heavy atom. The minimum Gasteiger partial charge on any atom is -0.379 e. The molecule has 1 fully saturated rings. The molecular weight excluding hydrogens is 448 g/mol. The lowest BCUT2D eigenvalue weighted by Gasteiger charge is -2.26. The molecule has 0 radical (unpaired) electrons. The first kappa shape index (κ1) is 24.4. The van der Waals surface area contributed by atoms with Gasteiger partial charge in [-0.05, 0) is 42.3 Å². The highest BCUT2D eigenvalue weighted by Crippen LogP contribution is 2.18. The predicted octanol–water partition coefficient (Wildman–Crippen LogP) is 0.494. The van der Waals surface area contributed by atoms with Crippen LogP contribution in [0.4, 0.5) is 5.69 Å². The van der Waals surface area contributed by atoms with Gasteiger partial charge in [-0.2, -0.15) is 4.31 Å². The maximum atomic E-state index is 12.7. The summed E-state index contributed by atoms with van der Waals surface area (Å²) >= 11 is 0. The Kier molecular flexibility index (Phi) is 8.15. The Balaban J connectivity index is 1.53. The average molecular weight is 475 g/mol. The smallest absolute Gasteiger partial charge is 0.251 e. The molecule has 2 aromatic rings. The van der Waals surface area contributed by atoms with Gasteiger partial charge in [0.05, 0.1) is 24.7 Å². The summed E-state index contributed by atoms with van der Waals surface area (Å²) < 4.78 is 32.0. The lowest BCUT2D eigenvalue weighted by Crippen LogP contribution is -2.40. The zero-order valence-corrected chi connectivity index (χ0v) is 18.8. The summed E-state index contributed by atoms with van der Waals surface area (Å²) in [6, 6.07) is 12.8. The number of sulfonamides is 1. The van der Waals surface area contributed by atoms with Crippen LogP contribution >= 0.6 is 0 Å². The van der Waals surface area contributed by atoms with Gasteiger partial charge in [-0.15, -0.1) is 0 Å². The summed E-state index contributed by atoms with van der Waals surface area (Å²) in [5, 5.41) is 5.11. The number of carbonyl (C=O) groups is 3. The van der Waals surface area contributed by atoms with E-state index in [4.69, 9.17) is 10.5 Å². The van der Waals surface area contributed by atoms with E-state index in [0.717, 1.165) is 5.56 Å². The highest BCUT2D eigenvalue weighted by molar-refractivity contribution is 7.89. The molecule has 3 amide bonds. The van der Waals surface area contributed by atoms with E-state index in [-0.39, 0.29) is 29.3 Å². The van der Waals surface area contributed by atoms with Crippen molar-refractivity contribution in [3.8, 4) is 0 Å². The number of benzene rings is 2. The van der Waals surface area contributed by atoms with Gasteiger partial charge in [0.1, 0.15) is 0 Å². The SMILES string of the molecule is NC(=O)CNC(=O)c1cccc(NC(=O)CCc2ccc(S(=O)(=O)N3CCOCC3)cc2)c1. The van der Waals surface area contributed by atoms with Crippen molar-refractivity contribution in [1.82, 2.24) is 9.62 Å². The summed E-state index contributed by atoms with van der Waals surface area (Å²) in [6.45, 7) is 1.15. The molecular formula is C22H26N4O6S. The Hall–Kier alpha value is -3.28. The van der Waals surface area contributed by atoms with E-state index >= 15 is 0 Å². The van der Waals surface area contributed by atoms with Gasteiger partial charge in [0.25, 0.3) is 5.91 Å². The standard InChI is InChI=1S/C22H26N4O6S/c23-20(27)15-24-22(29)17-2-1-3-18(14-17)25-21(28)9-6-16-4-7-19(8-5-16)33(30,31)26-10-12-32-13-11-26/h1-5,7-8,14H,6,9-13,15H2,(H2,23,27)(H,24,29)(H,25,28). The second-order valence-corrected chi connectivity index (χ2v) is 9.38. The maximum absolute atomic E-state index is 12.7. The molecule has 0 unspecified atom stereocenters. The Morgan fingerprint density at radius 2 is 1.73 bits per heavy atom. The molecule has 11 heteroatoms. The number of carbonyl (C=O) groups excluding carboxylic acids is 3. The molecule has 0 aromatic heterocycles. The van der Waals surface area contributed by atoms with E-state index in [2.05, 4.69) is 10.6 Å². The van der Waals surface area contributed by atoms with Gasteiger partial charge in [-0.1, -0.05) is 18.2 Å². The maximum Gasteiger partial charge on any atom is 0.251 e. The molecule has 1 aliphatic rings. The molecule has 2 aromatic carbocycles. The topological polar surface area (TPSA) is 148 Å². The van der Waals surface area contributed by atoms with Crippen LogP contribution in [0.2, 0.25) is 0 Å². The number of rotatable bonds is 9. The first-order valence-corrected chi connectivity index (χ1v) is 11.8. The number of ether oxygens (including phenoxy) is 1. The number of nitrogens with two attached hydrogens (primary N) is 1. The van der Waals surface area contributed by atoms with Crippen LogP contribution in [0.3, 0.4) is 0 Å². The van der Waals surface area contributed by atoms with Crippen molar-refractivity contribution in [2.24, 2.45) is 5.73 Å². The minimum absolute atomic E-state index is 0.174. The third-order valence-electron chi connectivity index (χ3n) is 5.00. The molecule has 0 saturated carbocycles. The van der Waals surface area contributed by atoms with Gasteiger partial charge >= 0.3 is 0 Å². The highest BCUT2D eigenvalue weighted by atomic mass is 32.2. The van der Waals surface area contributed by atoms with Gasteiger partial charge in [0.2, 0.25) is 21.8 Å². The largest absolute Gasteiger partial charge is 0.379 e. The van der Waals surface area contributed by atoms with Crippen molar-refractivity contribution in [2.75, 3.05) is 38.2 Å². The zero-order chi connectivity index (χ0) is 23.8. The van der Waals surface area contributed by atoms with Crippen molar-refractivity contribution in [3.05, 3.63) is 59.7 Å². The zero-order valence-electron chi connectivity index (χ0n) is 18.0. The van der Waals surface area contributed by atoms with E-state index in [1.54, 1.807) is 42.5 Å². The van der Waals surface area contributed by atoms with Crippen molar-refractivity contribution in [3.63, 3.8) is 0 Å². The predicted molar refractivity (Wildman–Crippen MR) is 121 cm³/mol. The lowest BCUT2D eigenvalue weighted by atomic mass is 10.1. The normalized spacial score (nSPS) is 14.4. The Morgan fingerprint density at radius 1 is 1.03 bits per heavy atom. The van der Waals surface area contributed by atoms with Crippen LogP contribution in [0.5, 0.6) is 0 Å². The summed E-state index contributed by atoms with van der Waals surface area (Å²) in [5.41, 5.74) is 6.56. The number of anilines is 1. The van der Waals surface area contributed by atoms with E-state index in [9.17, 15) is 22.8 Å². The number of nitrogens with zero attached hydrogens (tertiary/aromatic N) is 1. The van der Waals surface area contributed by atoms with Crippen molar-refractivity contribution in [2.45, 2.75) is 17.7 Å². The molecule has 0 atom stereocenters. The quantitative estimate of drug-likeness (QED) is 0.482. The third kappa shape index (κ3) is 6.85. The van der Waals surface area contributed by atoms with E-state index in [1.165, 1.54) is 10.4 Å². The van der Waals surface area contributed by atoms with E-state index < -0.39 is 21.8 Å². The summed E-state index contributed by atoms with van der Waals surface area (Å²) in [6.07, 6.45) is 0.593. The monoisotopic (exact) mass is 474 g/mol. The lowest BCUT2D eigenvalue weighted by molar-refractivity contribution is -0.117. The number of amides is 3. The minimum atomic E-state index is -3.56. The first-order valence-electron chi connectivity index (χ1n) is 10.4. The first-order chi connectivity index (χ1) is 15.8. The van der Waals surface area contributed by atoms with Crippen molar-refractivity contribution < 1.29 is 27.5 Å². The Bertz CT molecular complexity index is 1110. The molecule has 4 N–H and O–H groups in total. The molecule has 10 nitrogen and oxygen atoms in total. The van der Waals surface area contributed by atoms with Crippen LogP contribution in [0.25, 0.3) is 0 Å². The molecule has 1 aliphatic heterocycles. The van der Waals surface area contributed by atoms with E-state index in [1.807, 2.05) is 0 Å². The van der Waals surface area contributed by atoms with Gasteiger partial charge in [0, 0.05) is 30.8 Å². The third-order valence-corrected chi connectivity index (χ3v) is 6.92. The number of nitrogens with one attached hydrogen (secondary N) is 2. The summed E-state index contributed by atoms with van der Waals surface area (Å²) in [5.74, 6) is -1.38. The molecule has 0 spiro atoms. The molecule has 0 aliphatic carbocycles. The molecule has 1 saturated heterocycles. The van der Waals surface area contributed by atoms with Crippen LogP contribution < -0.4 is 16.4 Å². The number of aryl methyl sites for hydroxylation is 1. The van der Waals surface area contributed by atoms with E-state index in [0.29, 0.717) is 38.4 Å². The molecule has 176 valence electrons. The van der Waals surface area contributed by atoms with Crippen molar-refractivity contribution >= 4 is 33.4 Å². The van der Waals surface area contributed by atoms with Crippen LogP contribution in [-0.4, -0.2) is 63.3 Å². The van der Waals surface area contributed by atoms with Crippen molar-refractivity contribution in [1.29, 1.82) is 0 Å². The van der Waals surface area contributed by atoms with Crippen LogP contribution in [0, 0.1) is 0 Å². The number of hydrogen-bond acceptors (Lipinski definition) is 6. The molecule has 0 bridgehead atoms. The Labute approximate surface area is 192 Å². The number of hydrogen-bond donors (Lipinski definition) is 3. The fraction of sp³-hybridized carbons (Fsp3) is 0.318. The van der Waals surface area contributed by atoms with Crippen LogP contribution in [-0.2, 0) is 30.8 Å². The summed E-state index contributed by atoms with van der Waals surface area (Å²) in [4.78, 5) is 35.3. The second kappa shape index (κ2) is 11.0. The fourth-order valence-electron chi connectivity index (χ4n) is 3.25. The molecule has 1 heterocycles. The fourth-order valence-corrected chi connectivity index (χ4v) is 4.66. The molecule has 3 rings (SSSR count). The second-order valence-electron chi connectivity index (χ2n) is 7.44. The van der Waals surface area contributed by atoms with Crippen LogP contribution in [0.15, 0.2) is 53.4 Å². The molecule has 33 heavy (non-hydrogen) atoms. The van der Waals surface area contributed by atoms with Gasteiger partial charge < -0.3 is 21.1 Å². The van der Waals surface area contributed by atoms with Crippen LogP contribution in [0.1, 0.15) is 22.3 Å².